The highest BCUT2D eigenvalue weighted by atomic mass is 16.1. The molecule has 2 rings (SSSR count). The van der Waals surface area contributed by atoms with Crippen LogP contribution in [0.3, 0.4) is 0 Å². The highest BCUT2D eigenvalue weighted by molar-refractivity contribution is 5.77. The van der Waals surface area contributed by atoms with Crippen LogP contribution in [0.1, 0.15) is 6.92 Å². The van der Waals surface area contributed by atoms with Gasteiger partial charge in [-0.05, 0) is 6.92 Å². The third-order valence-corrected chi connectivity index (χ3v) is 3.34. The minimum absolute atomic E-state index is 0.0820. The van der Waals surface area contributed by atoms with Gasteiger partial charge in [0.1, 0.15) is 0 Å². The van der Waals surface area contributed by atoms with Crippen LogP contribution in [-0.4, -0.2) is 60.1 Å². The summed E-state index contributed by atoms with van der Waals surface area (Å²) < 4.78 is 2.15. The smallest absolute Gasteiger partial charge is 0.233 e. The number of anilines is 1. The Labute approximate surface area is 108 Å². The SMILES string of the molecule is CCn1ccnc1N1CCN(CC(=O)NC)CC1. The molecule has 1 N–H and O–H groups in total. The number of carbonyl (C=O) groups is 1. The molecule has 1 aliphatic rings. The molecule has 2 heterocycles. The van der Waals surface area contributed by atoms with Gasteiger partial charge >= 0.3 is 0 Å². The lowest BCUT2D eigenvalue weighted by Crippen LogP contribution is -2.49. The Morgan fingerprint density at radius 1 is 1.39 bits per heavy atom. The van der Waals surface area contributed by atoms with Crippen molar-refractivity contribution in [3.8, 4) is 0 Å². The van der Waals surface area contributed by atoms with Crippen LogP contribution in [0.4, 0.5) is 5.95 Å². The maximum absolute atomic E-state index is 11.3. The molecule has 6 heteroatoms. The fourth-order valence-electron chi connectivity index (χ4n) is 2.22. The van der Waals surface area contributed by atoms with Gasteiger partial charge in [-0.3, -0.25) is 9.69 Å². The Morgan fingerprint density at radius 3 is 2.72 bits per heavy atom. The maximum Gasteiger partial charge on any atom is 0.233 e. The number of aryl methyl sites for hydroxylation is 1. The van der Waals surface area contributed by atoms with Crippen molar-refractivity contribution in [3.05, 3.63) is 12.4 Å². The summed E-state index contributed by atoms with van der Waals surface area (Å²) in [6.45, 7) is 7.21. The van der Waals surface area contributed by atoms with Crippen molar-refractivity contribution in [1.29, 1.82) is 0 Å². The lowest BCUT2D eigenvalue weighted by molar-refractivity contribution is -0.121. The van der Waals surface area contributed by atoms with Gasteiger partial charge in [-0.2, -0.15) is 0 Å². The molecule has 1 amide bonds. The molecule has 100 valence electrons. The van der Waals surface area contributed by atoms with E-state index < -0.39 is 0 Å². The van der Waals surface area contributed by atoms with Crippen LogP contribution in [-0.2, 0) is 11.3 Å². The number of hydrogen-bond acceptors (Lipinski definition) is 4. The Morgan fingerprint density at radius 2 is 2.11 bits per heavy atom. The van der Waals surface area contributed by atoms with Crippen molar-refractivity contribution in [2.45, 2.75) is 13.5 Å². The minimum Gasteiger partial charge on any atom is -0.358 e. The van der Waals surface area contributed by atoms with E-state index in [1.54, 1.807) is 7.05 Å². The number of likely N-dealkylation sites (N-methyl/N-ethyl adjacent to an activating group) is 1. The van der Waals surface area contributed by atoms with Gasteiger partial charge in [0.25, 0.3) is 0 Å². The largest absolute Gasteiger partial charge is 0.358 e. The van der Waals surface area contributed by atoms with Crippen LogP contribution in [0.5, 0.6) is 0 Å². The van der Waals surface area contributed by atoms with Gasteiger partial charge in [-0.25, -0.2) is 4.98 Å². The summed E-state index contributed by atoms with van der Waals surface area (Å²) in [5.74, 6) is 1.12. The Hall–Kier alpha value is -1.56. The van der Waals surface area contributed by atoms with Crippen LogP contribution >= 0.6 is 0 Å². The van der Waals surface area contributed by atoms with Crippen LogP contribution in [0.2, 0.25) is 0 Å². The van der Waals surface area contributed by atoms with E-state index in [0.717, 1.165) is 38.7 Å². The van der Waals surface area contributed by atoms with E-state index in [-0.39, 0.29) is 5.91 Å². The molecule has 1 aliphatic heterocycles. The summed E-state index contributed by atoms with van der Waals surface area (Å²) in [7, 11) is 1.68. The monoisotopic (exact) mass is 251 g/mol. The molecule has 0 bridgehead atoms. The molecule has 0 saturated carbocycles. The first-order valence-corrected chi connectivity index (χ1v) is 6.43. The maximum atomic E-state index is 11.3. The number of rotatable bonds is 4. The molecule has 1 fully saturated rings. The normalized spacial score (nSPS) is 16.9. The lowest BCUT2D eigenvalue weighted by atomic mass is 10.3. The van der Waals surface area contributed by atoms with Crippen LogP contribution in [0.25, 0.3) is 0 Å². The van der Waals surface area contributed by atoms with Crippen molar-refractivity contribution >= 4 is 11.9 Å². The zero-order valence-electron chi connectivity index (χ0n) is 11.1. The van der Waals surface area contributed by atoms with Gasteiger partial charge in [-0.15, -0.1) is 0 Å². The van der Waals surface area contributed by atoms with E-state index in [0.29, 0.717) is 6.54 Å². The van der Waals surface area contributed by atoms with Crippen molar-refractivity contribution in [3.63, 3.8) is 0 Å². The third-order valence-electron chi connectivity index (χ3n) is 3.34. The highest BCUT2D eigenvalue weighted by Gasteiger charge is 2.20. The molecule has 0 aliphatic carbocycles. The first-order chi connectivity index (χ1) is 8.74. The molecule has 18 heavy (non-hydrogen) atoms. The number of aromatic nitrogens is 2. The number of nitrogens with one attached hydrogen (secondary N) is 1. The van der Waals surface area contributed by atoms with Crippen molar-refractivity contribution < 1.29 is 4.79 Å². The Kier molecular flexibility index (Phi) is 4.19. The van der Waals surface area contributed by atoms with Crippen LogP contribution in [0.15, 0.2) is 12.4 Å². The number of carbonyl (C=O) groups excluding carboxylic acids is 1. The minimum atomic E-state index is 0.0820. The predicted octanol–water partition coefficient (Wildman–Crippen LogP) is -0.229. The van der Waals surface area contributed by atoms with Crippen LogP contribution < -0.4 is 10.2 Å². The number of hydrogen-bond donors (Lipinski definition) is 1. The summed E-state index contributed by atoms with van der Waals surface area (Å²) in [6.07, 6.45) is 3.85. The zero-order chi connectivity index (χ0) is 13.0. The highest BCUT2D eigenvalue weighted by Crippen LogP contribution is 2.13. The number of imidazole rings is 1. The summed E-state index contributed by atoms with van der Waals surface area (Å²) >= 11 is 0. The molecule has 1 aromatic rings. The fraction of sp³-hybridized carbons (Fsp3) is 0.667. The fourth-order valence-corrected chi connectivity index (χ4v) is 2.22. The second-order valence-corrected chi connectivity index (χ2v) is 4.45. The molecule has 1 aromatic heterocycles. The summed E-state index contributed by atoms with van der Waals surface area (Å²) in [6, 6.07) is 0. The van der Waals surface area contributed by atoms with Gasteiger partial charge in [0.05, 0.1) is 6.54 Å². The molecule has 0 spiro atoms. The second kappa shape index (κ2) is 5.86. The van der Waals surface area contributed by atoms with Gasteiger partial charge in [0.15, 0.2) is 0 Å². The second-order valence-electron chi connectivity index (χ2n) is 4.45. The van der Waals surface area contributed by atoms with E-state index in [1.165, 1.54) is 0 Å². The zero-order valence-corrected chi connectivity index (χ0v) is 11.1. The van der Waals surface area contributed by atoms with Crippen molar-refractivity contribution in [2.75, 3.05) is 44.7 Å². The summed E-state index contributed by atoms with van der Waals surface area (Å²) in [4.78, 5) is 20.2. The van der Waals surface area contributed by atoms with Crippen molar-refractivity contribution in [1.82, 2.24) is 19.8 Å². The molecular weight excluding hydrogens is 230 g/mol. The van der Waals surface area contributed by atoms with Gasteiger partial charge in [-0.1, -0.05) is 0 Å². The average molecular weight is 251 g/mol. The molecule has 0 radical (unpaired) electrons. The summed E-state index contributed by atoms with van der Waals surface area (Å²) in [5, 5.41) is 2.66. The van der Waals surface area contributed by atoms with E-state index in [1.807, 2.05) is 12.4 Å². The Balaban J connectivity index is 1.88. The van der Waals surface area contributed by atoms with Crippen LogP contribution in [0, 0.1) is 0 Å². The first kappa shape index (κ1) is 12.9. The molecular formula is C12H21N5O. The summed E-state index contributed by atoms with van der Waals surface area (Å²) in [5.41, 5.74) is 0. The Bertz CT molecular complexity index is 395. The lowest BCUT2D eigenvalue weighted by Gasteiger charge is -2.34. The van der Waals surface area contributed by atoms with E-state index in [9.17, 15) is 4.79 Å². The van der Waals surface area contributed by atoms with E-state index in [4.69, 9.17) is 0 Å². The molecule has 6 nitrogen and oxygen atoms in total. The number of nitrogens with zero attached hydrogens (tertiary/aromatic N) is 4. The first-order valence-electron chi connectivity index (χ1n) is 6.43. The van der Waals surface area contributed by atoms with Crippen molar-refractivity contribution in [2.24, 2.45) is 0 Å². The third kappa shape index (κ3) is 2.81. The van der Waals surface area contributed by atoms with E-state index >= 15 is 0 Å². The topological polar surface area (TPSA) is 53.4 Å². The standard InChI is InChI=1S/C12H21N5O/c1-3-16-5-4-14-12(16)17-8-6-15(7-9-17)10-11(18)13-2/h4-5H,3,6-10H2,1-2H3,(H,13,18). The molecule has 1 saturated heterocycles. The molecule has 0 atom stereocenters. The molecule has 0 aromatic carbocycles. The predicted molar refractivity (Wildman–Crippen MR) is 70.6 cm³/mol. The molecule has 0 unspecified atom stereocenters. The number of piperazine rings is 1. The number of amides is 1. The van der Waals surface area contributed by atoms with Gasteiger partial charge in [0.2, 0.25) is 11.9 Å². The quantitative estimate of drug-likeness (QED) is 0.803. The average Bonchev–Trinajstić information content (AvgIpc) is 2.87. The van der Waals surface area contributed by atoms with Gasteiger partial charge < -0.3 is 14.8 Å². The van der Waals surface area contributed by atoms with Gasteiger partial charge in [0, 0.05) is 52.2 Å². The van der Waals surface area contributed by atoms with E-state index in [2.05, 4.69) is 31.6 Å².